The first-order chi connectivity index (χ1) is 14.4. The summed E-state index contributed by atoms with van der Waals surface area (Å²) < 4.78 is 17.6. The molecule has 0 saturated carbocycles. The van der Waals surface area contributed by atoms with Crippen LogP contribution in [-0.2, 0) is 6.54 Å². The number of aryl methyl sites for hydroxylation is 1. The van der Waals surface area contributed by atoms with Crippen LogP contribution < -0.4 is 20.3 Å². The Morgan fingerprint density at radius 2 is 1.77 bits per heavy atom. The summed E-state index contributed by atoms with van der Waals surface area (Å²) in [5.74, 6) is 1.12. The highest BCUT2D eigenvalue weighted by Crippen LogP contribution is 2.33. The Morgan fingerprint density at radius 1 is 1.13 bits per heavy atom. The second-order valence-electron chi connectivity index (χ2n) is 7.10. The zero-order valence-electron chi connectivity index (χ0n) is 17.9. The van der Waals surface area contributed by atoms with Crippen LogP contribution in [0.15, 0.2) is 33.7 Å². The lowest BCUT2D eigenvalue weighted by atomic mass is 10.0. The van der Waals surface area contributed by atoms with Crippen LogP contribution >= 0.6 is 0 Å². The molecular formula is C22H27N3O5. The van der Waals surface area contributed by atoms with E-state index in [9.17, 15) is 9.59 Å². The first kappa shape index (κ1) is 21.4. The molecule has 0 saturated heterocycles. The number of hydrogen-bond acceptors (Lipinski definition) is 6. The molecule has 0 spiro atoms. The van der Waals surface area contributed by atoms with Crippen LogP contribution in [0.2, 0.25) is 0 Å². The predicted molar refractivity (Wildman–Crippen MR) is 113 cm³/mol. The lowest BCUT2D eigenvalue weighted by Crippen LogP contribution is -2.29. The molecular weight excluding hydrogens is 386 g/mol. The number of nitrogens with one attached hydrogen (secondary N) is 1. The predicted octanol–water partition coefficient (Wildman–Crippen LogP) is 3.61. The highest BCUT2D eigenvalue weighted by atomic mass is 16.5. The van der Waals surface area contributed by atoms with Gasteiger partial charge in [-0.05, 0) is 31.9 Å². The minimum absolute atomic E-state index is 0.0153. The quantitative estimate of drug-likeness (QED) is 0.606. The average Bonchev–Trinajstić information content (AvgIpc) is 3.18. The SMILES string of the molecule is CCC(CC)n1cc(C(=O)NCc2cc(C)no2)c2cc(OC)c(OC)cc2c1=O. The number of ether oxygens (including phenoxy) is 2. The van der Waals surface area contributed by atoms with Gasteiger partial charge in [-0.25, -0.2) is 0 Å². The van der Waals surface area contributed by atoms with E-state index in [1.54, 1.807) is 29.0 Å². The van der Waals surface area contributed by atoms with Crippen LogP contribution in [0, 0.1) is 6.92 Å². The Bertz CT molecular complexity index is 1110. The molecule has 8 nitrogen and oxygen atoms in total. The lowest BCUT2D eigenvalue weighted by molar-refractivity contribution is 0.0947. The lowest BCUT2D eigenvalue weighted by Gasteiger charge is -2.20. The highest BCUT2D eigenvalue weighted by Gasteiger charge is 2.20. The number of methoxy groups -OCH3 is 2. The second-order valence-corrected chi connectivity index (χ2v) is 7.10. The number of carbonyl (C=O) groups excluding carboxylic acids is 1. The summed E-state index contributed by atoms with van der Waals surface area (Å²) in [7, 11) is 3.03. The molecule has 8 heteroatoms. The van der Waals surface area contributed by atoms with Crippen LogP contribution in [0.3, 0.4) is 0 Å². The zero-order chi connectivity index (χ0) is 21.8. The number of benzene rings is 1. The Balaban J connectivity index is 2.15. The summed E-state index contributed by atoms with van der Waals surface area (Å²) in [5.41, 5.74) is 0.958. The Labute approximate surface area is 174 Å². The molecule has 30 heavy (non-hydrogen) atoms. The van der Waals surface area contributed by atoms with Crippen molar-refractivity contribution in [1.29, 1.82) is 0 Å². The molecule has 1 aromatic carbocycles. The molecule has 2 heterocycles. The maximum atomic E-state index is 13.2. The van der Waals surface area contributed by atoms with Crippen LogP contribution in [0.25, 0.3) is 10.8 Å². The van der Waals surface area contributed by atoms with Gasteiger partial charge in [0, 0.05) is 23.7 Å². The van der Waals surface area contributed by atoms with Crippen molar-refractivity contribution in [3.63, 3.8) is 0 Å². The standard InChI is InChI=1S/C22H27N3O5/c1-6-14(7-2)25-12-18(21(26)23-11-15-8-13(3)24-30-15)16-9-19(28-4)20(29-5)10-17(16)22(25)27/h8-10,12,14H,6-7,11H2,1-5H3,(H,23,26). The van der Waals surface area contributed by atoms with Gasteiger partial charge in [0.05, 0.1) is 37.4 Å². The number of carbonyl (C=O) groups is 1. The van der Waals surface area contributed by atoms with Gasteiger partial charge in [-0.15, -0.1) is 0 Å². The van der Waals surface area contributed by atoms with E-state index in [1.807, 2.05) is 20.8 Å². The number of pyridine rings is 1. The zero-order valence-corrected chi connectivity index (χ0v) is 17.9. The topological polar surface area (TPSA) is 95.6 Å². The van der Waals surface area contributed by atoms with E-state index in [0.29, 0.717) is 33.6 Å². The van der Waals surface area contributed by atoms with E-state index in [4.69, 9.17) is 14.0 Å². The Morgan fingerprint density at radius 3 is 2.30 bits per heavy atom. The first-order valence-corrected chi connectivity index (χ1v) is 9.94. The number of rotatable bonds is 8. The minimum atomic E-state index is -0.319. The molecule has 3 rings (SSSR count). The number of hydrogen-bond donors (Lipinski definition) is 1. The largest absolute Gasteiger partial charge is 0.493 e. The molecule has 160 valence electrons. The first-order valence-electron chi connectivity index (χ1n) is 9.94. The minimum Gasteiger partial charge on any atom is -0.493 e. The van der Waals surface area contributed by atoms with E-state index in [2.05, 4.69) is 10.5 Å². The Kier molecular flexibility index (Phi) is 6.44. The van der Waals surface area contributed by atoms with Gasteiger partial charge in [0.2, 0.25) is 0 Å². The summed E-state index contributed by atoms with van der Waals surface area (Å²) in [4.78, 5) is 26.3. The molecule has 0 radical (unpaired) electrons. The number of amides is 1. The fourth-order valence-electron chi connectivity index (χ4n) is 3.58. The second kappa shape index (κ2) is 9.02. The third kappa shape index (κ3) is 4.03. The molecule has 3 aromatic rings. The molecule has 0 bridgehead atoms. The van der Waals surface area contributed by atoms with Crippen molar-refractivity contribution >= 4 is 16.7 Å². The maximum absolute atomic E-state index is 13.2. The van der Waals surface area contributed by atoms with E-state index in [1.165, 1.54) is 14.2 Å². The molecule has 0 aliphatic heterocycles. The van der Waals surface area contributed by atoms with Gasteiger partial charge in [0.15, 0.2) is 17.3 Å². The van der Waals surface area contributed by atoms with Gasteiger partial charge in [-0.1, -0.05) is 19.0 Å². The number of nitrogens with zero attached hydrogens (tertiary/aromatic N) is 2. The van der Waals surface area contributed by atoms with Gasteiger partial charge >= 0.3 is 0 Å². The van der Waals surface area contributed by atoms with Crippen molar-refractivity contribution in [3.05, 3.63) is 51.8 Å². The van der Waals surface area contributed by atoms with Crippen LogP contribution in [0.5, 0.6) is 11.5 Å². The van der Waals surface area contributed by atoms with Crippen molar-refractivity contribution in [2.45, 2.75) is 46.2 Å². The number of aromatic nitrogens is 2. The maximum Gasteiger partial charge on any atom is 0.258 e. The van der Waals surface area contributed by atoms with Crippen molar-refractivity contribution in [2.24, 2.45) is 0 Å². The average molecular weight is 413 g/mol. The van der Waals surface area contributed by atoms with Gasteiger partial charge in [-0.2, -0.15) is 0 Å². The molecule has 1 N–H and O–H groups in total. The van der Waals surface area contributed by atoms with Crippen molar-refractivity contribution in [2.75, 3.05) is 14.2 Å². The van der Waals surface area contributed by atoms with Crippen LogP contribution in [0.4, 0.5) is 0 Å². The molecule has 0 fully saturated rings. The highest BCUT2D eigenvalue weighted by molar-refractivity contribution is 6.07. The van der Waals surface area contributed by atoms with E-state index < -0.39 is 0 Å². The fourth-order valence-corrected chi connectivity index (χ4v) is 3.58. The van der Waals surface area contributed by atoms with E-state index in [-0.39, 0.29) is 24.1 Å². The van der Waals surface area contributed by atoms with E-state index in [0.717, 1.165) is 18.5 Å². The monoisotopic (exact) mass is 413 g/mol. The molecule has 0 atom stereocenters. The molecule has 0 aliphatic rings. The van der Waals surface area contributed by atoms with Crippen LogP contribution in [0.1, 0.15) is 54.5 Å². The van der Waals surface area contributed by atoms with Gasteiger partial charge in [0.25, 0.3) is 11.5 Å². The summed E-state index contributed by atoms with van der Waals surface area (Å²) in [6.45, 7) is 6.04. The molecule has 0 unspecified atom stereocenters. The smallest absolute Gasteiger partial charge is 0.258 e. The van der Waals surface area contributed by atoms with Crippen molar-refractivity contribution in [1.82, 2.24) is 15.0 Å². The number of fused-ring (bicyclic) bond motifs is 1. The third-order valence-corrected chi connectivity index (χ3v) is 5.23. The van der Waals surface area contributed by atoms with Gasteiger partial charge < -0.3 is 23.9 Å². The van der Waals surface area contributed by atoms with Crippen LogP contribution in [-0.4, -0.2) is 29.9 Å². The fraction of sp³-hybridized carbons (Fsp3) is 0.409. The molecule has 0 aliphatic carbocycles. The van der Waals surface area contributed by atoms with Crippen molar-refractivity contribution in [3.8, 4) is 11.5 Å². The summed E-state index contributed by atoms with van der Waals surface area (Å²) in [6, 6.07) is 5.04. The summed E-state index contributed by atoms with van der Waals surface area (Å²) in [6.07, 6.45) is 3.18. The van der Waals surface area contributed by atoms with Gasteiger partial charge in [-0.3, -0.25) is 9.59 Å². The summed E-state index contributed by atoms with van der Waals surface area (Å²) >= 11 is 0. The molecule has 2 aromatic heterocycles. The normalized spacial score (nSPS) is 11.1. The summed E-state index contributed by atoms with van der Waals surface area (Å²) in [5, 5.41) is 7.59. The van der Waals surface area contributed by atoms with E-state index >= 15 is 0 Å². The van der Waals surface area contributed by atoms with Crippen molar-refractivity contribution < 1.29 is 18.8 Å². The molecule has 1 amide bonds. The third-order valence-electron chi connectivity index (χ3n) is 5.23. The Hall–Kier alpha value is -3.29. The van der Waals surface area contributed by atoms with Gasteiger partial charge in [0.1, 0.15) is 0 Å².